The Hall–Kier alpha value is -0.620. The lowest BCUT2D eigenvalue weighted by molar-refractivity contribution is -0.135. The Labute approximate surface area is 122 Å². The first kappa shape index (κ1) is 15.8. The Bertz CT molecular complexity index is 430. The number of hydrogen-bond donors (Lipinski definition) is 1. The van der Waals surface area contributed by atoms with Crippen LogP contribution in [0.4, 0.5) is 0 Å². The van der Waals surface area contributed by atoms with Crippen molar-refractivity contribution >= 4 is 15.7 Å². The molecule has 20 heavy (non-hydrogen) atoms. The van der Waals surface area contributed by atoms with Crippen molar-refractivity contribution in [3.05, 3.63) is 0 Å². The molecule has 2 heterocycles. The normalized spacial score (nSPS) is 29.2. The van der Waals surface area contributed by atoms with Crippen LogP contribution in [0.2, 0.25) is 0 Å². The van der Waals surface area contributed by atoms with Gasteiger partial charge in [-0.3, -0.25) is 4.79 Å². The van der Waals surface area contributed by atoms with Crippen molar-refractivity contribution in [2.45, 2.75) is 32.6 Å². The quantitative estimate of drug-likeness (QED) is 0.810. The van der Waals surface area contributed by atoms with Gasteiger partial charge in [-0.25, -0.2) is 8.42 Å². The monoisotopic (exact) mass is 302 g/mol. The Balaban J connectivity index is 1.94. The fraction of sp³-hybridized carbons (Fsp3) is 0.929. The van der Waals surface area contributed by atoms with Gasteiger partial charge in [-0.15, -0.1) is 0 Å². The van der Waals surface area contributed by atoms with E-state index < -0.39 is 9.84 Å². The van der Waals surface area contributed by atoms with Crippen molar-refractivity contribution in [2.75, 3.05) is 37.7 Å². The highest BCUT2D eigenvalue weighted by molar-refractivity contribution is 7.91. The number of rotatable bonds is 5. The van der Waals surface area contributed by atoms with Gasteiger partial charge in [0.2, 0.25) is 5.91 Å². The molecule has 2 saturated heterocycles. The molecular weight excluding hydrogens is 276 g/mol. The van der Waals surface area contributed by atoms with Crippen LogP contribution in [0.5, 0.6) is 0 Å². The fourth-order valence-corrected chi connectivity index (χ4v) is 4.93. The summed E-state index contributed by atoms with van der Waals surface area (Å²) in [5.74, 6) is 0.488. The summed E-state index contributed by atoms with van der Waals surface area (Å²) in [5, 5.41) is 3.37. The summed E-state index contributed by atoms with van der Waals surface area (Å²) < 4.78 is 23.1. The van der Waals surface area contributed by atoms with Gasteiger partial charge in [-0.2, -0.15) is 0 Å². The van der Waals surface area contributed by atoms with Gasteiger partial charge in [-0.05, 0) is 44.7 Å². The van der Waals surface area contributed by atoms with Gasteiger partial charge in [0.25, 0.3) is 0 Å². The van der Waals surface area contributed by atoms with Crippen LogP contribution in [0, 0.1) is 11.8 Å². The van der Waals surface area contributed by atoms with Gasteiger partial charge in [0.05, 0.1) is 17.4 Å². The molecule has 2 fully saturated rings. The number of amides is 1. The van der Waals surface area contributed by atoms with E-state index in [2.05, 4.69) is 12.2 Å². The SMILES string of the molecule is CCCN(CC1CCCNC1)C(=O)C1CCS(=O)(=O)C1. The zero-order valence-corrected chi connectivity index (χ0v) is 13.1. The lowest BCUT2D eigenvalue weighted by atomic mass is 9.98. The maximum absolute atomic E-state index is 12.5. The minimum atomic E-state index is -2.98. The maximum atomic E-state index is 12.5. The summed E-state index contributed by atoms with van der Waals surface area (Å²) in [6.07, 6.45) is 3.75. The number of sulfone groups is 1. The molecule has 5 nitrogen and oxygen atoms in total. The molecule has 0 aliphatic carbocycles. The standard InChI is InChI=1S/C14H26N2O3S/c1-2-7-16(10-12-4-3-6-15-9-12)14(17)13-5-8-20(18,19)11-13/h12-13,15H,2-11H2,1H3. The van der Waals surface area contributed by atoms with Crippen LogP contribution in [-0.2, 0) is 14.6 Å². The largest absolute Gasteiger partial charge is 0.342 e. The van der Waals surface area contributed by atoms with E-state index in [1.807, 2.05) is 4.90 Å². The Morgan fingerprint density at radius 3 is 2.70 bits per heavy atom. The molecule has 0 saturated carbocycles. The summed E-state index contributed by atoms with van der Waals surface area (Å²) in [6, 6.07) is 0. The Morgan fingerprint density at radius 1 is 1.35 bits per heavy atom. The van der Waals surface area contributed by atoms with Crippen molar-refractivity contribution in [1.29, 1.82) is 0 Å². The minimum absolute atomic E-state index is 0.0506. The molecule has 0 bridgehead atoms. The zero-order valence-electron chi connectivity index (χ0n) is 12.3. The second-order valence-electron chi connectivity index (χ2n) is 6.10. The summed E-state index contributed by atoms with van der Waals surface area (Å²) >= 11 is 0. The molecule has 116 valence electrons. The molecule has 2 aliphatic heterocycles. The van der Waals surface area contributed by atoms with Crippen LogP contribution in [-0.4, -0.2) is 56.9 Å². The summed E-state index contributed by atoms with van der Waals surface area (Å²) in [4.78, 5) is 14.4. The fourth-order valence-electron chi connectivity index (χ4n) is 3.20. The third-order valence-corrected chi connectivity index (χ3v) is 6.03. The third kappa shape index (κ3) is 4.19. The molecule has 0 aromatic carbocycles. The third-order valence-electron chi connectivity index (χ3n) is 4.26. The zero-order chi connectivity index (χ0) is 14.6. The van der Waals surface area contributed by atoms with Crippen LogP contribution < -0.4 is 5.32 Å². The van der Waals surface area contributed by atoms with Gasteiger partial charge in [-0.1, -0.05) is 6.92 Å². The molecule has 0 aromatic heterocycles. The van der Waals surface area contributed by atoms with Crippen molar-refractivity contribution in [3.63, 3.8) is 0 Å². The van der Waals surface area contributed by atoms with E-state index in [9.17, 15) is 13.2 Å². The van der Waals surface area contributed by atoms with Gasteiger partial charge in [0.1, 0.15) is 0 Å². The van der Waals surface area contributed by atoms with Crippen molar-refractivity contribution in [2.24, 2.45) is 11.8 Å². The van der Waals surface area contributed by atoms with E-state index in [-0.39, 0.29) is 23.3 Å². The molecular formula is C14H26N2O3S. The molecule has 2 atom stereocenters. The van der Waals surface area contributed by atoms with Crippen molar-refractivity contribution in [3.8, 4) is 0 Å². The number of nitrogens with one attached hydrogen (secondary N) is 1. The van der Waals surface area contributed by atoms with E-state index in [1.165, 1.54) is 0 Å². The predicted molar refractivity (Wildman–Crippen MR) is 79.2 cm³/mol. The average Bonchev–Trinajstić information content (AvgIpc) is 2.79. The number of hydrogen-bond acceptors (Lipinski definition) is 4. The second-order valence-corrected chi connectivity index (χ2v) is 8.33. The summed E-state index contributed by atoms with van der Waals surface area (Å²) in [6.45, 7) is 5.61. The van der Waals surface area contributed by atoms with E-state index >= 15 is 0 Å². The molecule has 0 aromatic rings. The van der Waals surface area contributed by atoms with Gasteiger partial charge >= 0.3 is 0 Å². The highest BCUT2D eigenvalue weighted by Gasteiger charge is 2.35. The van der Waals surface area contributed by atoms with Crippen molar-refractivity contribution in [1.82, 2.24) is 10.2 Å². The summed E-state index contributed by atoms with van der Waals surface area (Å²) in [5.41, 5.74) is 0. The number of carbonyl (C=O) groups is 1. The first-order valence-electron chi connectivity index (χ1n) is 7.72. The van der Waals surface area contributed by atoms with Gasteiger partial charge in [0, 0.05) is 13.1 Å². The molecule has 0 spiro atoms. The van der Waals surface area contributed by atoms with Crippen LogP contribution in [0.15, 0.2) is 0 Å². The molecule has 1 N–H and O–H groups in total. The molecule has 2 rings (SSSR count). The molecule has 6 heteroatoms. The highest BCUT2D eigenvalue weighted by atomic mass is 32.2. The Kier molecular flexibility index (Phi) is 5.43. The van der Waals surface area contributed by atoms with Crippen LogP contribution in [0.25, 0.3) is 0 Å². The van der Waals surface area contributed by atoms with Crippen LogP contribution >= 0.6 is 0 Å². The Morgan fingerprint density at radius 2 is 2.15 bits per heavy atom. The predicted octanol–water partition coefficient (Wildman–Crippen LogP) is 0.659. The molecule has 2 unspecified atom stereocenters. The summed E-state index contributed by atoms with van der Waals surface area (Å²) in [7, 11) is -2.98. The minimum Gasteiger partial charge on any atom is -0.342 e. The second kappa shape index (κ2) is 6.89. The molecule has 0 radical (unpaired) electrons. The lowest BCUT2D eigenvalue weighted by Gasteiger charge is -2.31. The van der Waals surface area contributed by atoms with E-state index in [1.54, 1.807) is 0 Å². The number of nitrogens with zero attached hydrogens (tertiary/aromatic N) is 1. The topological polar surface area (TPSA) is 66.5 Å². The van der Waals surface area contributed by atoms with Gasteiger partial charge < -0.3 is 10.2 Å². The van der Waals surface area contributed by atoms with Gasteiger partial charge in [0.15, 0.2) is 9.84 Å². The molecule has 2 aliphatic rings. The van der Waals surface area contributed by atoms with E-state index in [0.717, 1.165) is 45.4 Å². The number of piperidine rings is 1. The number of carbonyl (C=O) groups excluding carboxylic acids is 1. The van der Waals surface area contributed by atoms with Crippen LogP contribution in [0.3, 0.4) is 0 Å². The van der Waals surface area contributed by atoms with E-state index in [4.69, 9.17) is 0 Å². The first-order chi connectivity index (χ1) is 9.52. The van der Waals surface area contributed by atoms with E-state index in [0.29, 0.717) is 12.3 Å². The average molecular weight is 302 g/mol. The van der Waals surface area contributed by atoms with Crippen LogP contribution in [0.1, 0.15) is 32.6 Å². The first-order valence-corrected chi connectivity index (χ1v) is 9.54. The lowest BCUT2D eigenvalue weighted by Crippen LogP contribution is -2.43. The molecule has 1 amide bonds. The van der Waals surface area contributed by atoms with Crippen molar-refractivity contribution < 1.29 is 13.2 Å². The maximum Gasteiger partial charge on any atom is 0.226 e. The smallest absolute Gasteiger partial charge is 0.226 e. The highest BCUT2D eigenvalue weighted by Crippen LogP contribution is 2.22.